The molecule has 7 heteroatoms. The molecule has 0 fully saturated rings. The largest absolute Gasteiger partial charge is 0.449 e. The predicted molar refractivity (Wildman–Crippen MR) is 97.3 cm³/mol. The zero-order chi connectivity index (χ0) is 18.2. The number of nitriles is 1. The summed E-state index contributed by atoms with van der Waals surface area (Å²) in [6, 6.07) is 8.96. The highest BCUT2D eigenvalue weighted by Gasteiger charge is 2.23. The van der Waals surface area contributed by atoms with Gasteiger partial charge in [0.15, 0.2) is 0 Å². The maximum Gasteiger partial charge on any atom is 0.407 e. The first-order valence-electron chi connectivity index (χ1n) is 8.04. The van der Waals surface area contributed by atoms with E-state index in [2.05, 4.69) is 10.6 Å². The van der Waals surface area contributed by atoms with Crippen molar-refractivity contribution < 1.29 is 14.3 Å². The summed E-state index contributed by atoms with van der Waals surface area (Å²) in [5.41, 5.74) is 0.974. The van der Waals surface area contributed by atoms with Crippen LogP contribution in [0.15, 0.2) is 29.6 Å². The Kier molecular flexibility index (Phi) is 6.78. The molecular formula is C18H21N3O3S. The fourth-order valence-electron chi connectivity index (χ4n) is 2.30. The summed E-state index contributed by atoms with van der Waals surface area (Å²) in [6.07, 6.45) is -0.303. The number of nitrogens with one attached hydrogen (secondary N) is 2. The third kappa shape index (κ3) is 5.47. The van der Waals surface area contributed by atoms with Crippen LogP contribution in [0.4, 0.5) is 4.79 Å². The average Bonchev–Trinajstić information content (AvgIpc) is 3.00. The number of hydrogen-bond acceptors (Lipinski definition) is 5. The van der Waals surface area contributed by atoms with Crippen LogP contribution in [0.3, 0.4) is 0 Å². The third-order valence-electron chi connectivity index (χ3n) is 3.48. The molecule has 0 saturated carbocycles. The van der Waals surface area contributed by atoms with Crippen molar-refractivity contribution in [3.8, 4) is 6.07 Å². The van der Waals surface area contributed by atoms with Crippen molar-refractivity contribution in [1.29, 1.82) is 5.26 Å². The van der Waals surface area contributed by atoms with Crippen molar-refractivity contribution in [2.75, 3.05) is 13.2 Å². The van der Waals surface area contributed by atoms with Crippen LogP contribution in [-0.4, -0.2) is 31.2 Å². The van der Waals surface area contributed by atoms with E-state index in [1.54, 1.807) is 11.3 Å². The lowest BCUT2D eigenvalue weighted by Crippen LogP contribution is -2.48. The molecule has 132 valence electrons. The maximum absolute atomic E-state index is 12.3. The molecular weight excluding hydrogens is 338 g/mol. The molecule has 1 aromatic heterocycles. The lowest BCUT2D eigenvalue weighted by Gasteiger charge is -2.18. The van der Waals surface area contributed by atoms with Crippen molar-refractivity contribution >= 4 is 33.4 Å². The SMILES string of the molecule is CC(C)COC(=O)NC(Cc1csc2ccccc12)C(=O)NCC#N. The highest BCUT2D eigenvalue weighted by Crippen LogP contribution is 2.26. The number of benzene rings is 1. The molecule has 1 aromatic carbocycles. The topological polar surface area (TPSA) is 91.2 Å². The van der Waals surface area contributed by atoms with E-state index in [1.807, 2.05) is 49.6 Å². The van der Waals surface area contributed by atoms with Gasteiger partial charge in [0.1, 0.15) is 12.6 Å². The van der Waals surface area contributed by atoms with Gasteiger partial charge in [-0.15, -0.1) is 11.3 Å². The van der Waals surface area contributed by atoms with Gasteiger partial charge in [0.2, 0.25) is 5.91 Å². The van der Waals surface area contributed by atoms with E-state index in [0.717, 1.165) is 15.6 Å². The Morgan fingerprint density at radius 3 is 2.80 bits per heavy atom. The van der Waals surface area contributed by atoms with Crippen LogP contribution >= 0.6 is 11.3 Å². The van der Waals surface area contributed by atoms with Gasteiger partial charge in [-0.1, -0.05) is 32.0 Å². The van der Waals surface area contributed by atoms with E-state index < -0.39 is 18.0 Å². The summed E-state index contributed by atoms with van der Waals surface area (Å²) in [4.78, 5) is 24.3. The fraction of sp³-hybridized carbons (Fsp3) is 0.389. The Morgan fingerprint density at radius 1 is 1.32 bits per heavy atom. The molecule has 0 radical (unpaired) electrons. The van der Waals surface area contributed by atoms with Gasteiger partial charge in [-0.3, -0.25) is 4.79 Å². The minimum Gasteiger partial charge on any atom is -0.449 e. The molecule has 0 aliphatic rings. The van der Waals surface area contributed by atoms with Gasteiger partial charge >= 0.3 is 6.09 Å². The summed E-state index contributed by atoms with van der Waals surface area (Å²) in [5, 5.41) is 16.8. The number of thiophene rings is 1. The number of carbonyl (C=O) groups is 2. The number of ether oxygens (including phenoxy) is 1. The summed E-state index contributed by atoms with van der Waals surface area (Å²) < 4.78 is 6.22. The van der Waals surface area contributed by atoms with Crippen LogP contribution in [0.25, 0.3) is 10.1 Å². The first kappa shape index (κ1) is 18.7. The molecule has 0 bridgehead atoms. The minimum atomic E-state index is -0.800. The number of rotatable bonds is 7. The Balaban J connectivity index is 2.12. The van der Waals surface area contributed by atoms with Crippen LogP contribution in [0.1, 0.15) is 19.4 Å². The Bertz CT molecular complexity index is 779. The van der Waals surface area contributed by atoms with Crippen LogP contribution in [0.5, 0.6) is 0 Å². The molecule has 6 nitrogen and oxygen atoms in total. The first-order valence-corrected chi connectivity index (χ1v) is 8.92. The van der Waals surface area contributed by atoms with Gasteiger partial charge < -0.3 is 15.4 Å². The van der Waals surface area contributed by atoms with E-state index in [4.69, 9.17) is 10.00 Å². The van der Waals surface area contributed by atoms with Crippen molar-refractivity contribution in [2.24, 2.45) is 5.92 Å². The van der Waals surface area contributed by atoms with Gasteiger partial charge in [-0.2, -0.15) is 5.26 Å². The van der Waals surface area contributed by atoms with Gasteiger partial charge in [-0.05, 0) is 28.3 Å². The fourth-order valence-corrected chi connectivity index (χ4v) is 3.27. The molecule has 2 aromatic rings. The van der Waals surface area contributed by atoms with Crippen LogP contribution < -0.4 is 10.6 Å². The Morgan fingerprint density at radius 2 is 2.08 bits per heavy atom. The van der Waals surface area contributed by atoms with Crippen LogP contribution in [0.2, 0.25) is 0 Å². The first-order chi connectivity index (χ1) is 12.0. The van der Waals surface area contributed by atoms with E-state index in [-0.39, 0.29) is 19.1 Å². The van der Waals surface area contributed by atoms with E-state index >= 15 is 0 Å². The van der Waals surface area contributed by atoms with Crippen LogP contribution in [0, 0.1) is 17.2 Å². The molecule has 2 N–H and O–H groups in total. The van der Waals surface area contributed by atoms with Crippen molar-refractivity contribution in [3.63, 3.8) is 0 Å². The van der Waals surface area contributed by atoms with Gasteiger partial charge in [-0.25, -0.2) is 4.79 Å². The zero-order valence-electron chi connectivity index (χ0n) is 14.2. The summed E-state index contributed by atoms with van der Waals surface area (Å²) in [5.74, 6) is -0.198. The molecule has 2 amide bonds. The number of fused-ring (bicyclic) bond motifs is 1. The minimum absolute atomic E-state index is 0.109. The number of alkyl carbamates (subject to hydrolysis) is 1. The lowest BCUT2D eigenvalue weighted by atomic mass is 10.0. The van der Waals surface area contributed by atoms with E-state index in [1.165, 1.54) is 0 Å². The maximum atomic E-state index is 12.3. The summed E-state index contributed by atoms with van der Waals surface area (Å²) >= 11 is 1.59. The molecule has 25 heavy (non-hydrogen) atoms. The van der Waals surface area contributed by atoms with E-state index in [9.17, 15) is 9.59 Å². The zero-order valence-corrected chi connectivity index (χ0v) is 15.1. The lowest BCUT2D eigenvalue weighted by molar-refractivity contribution is -0.122. The number of amides is 2. The highest BCUT2D eigenvalue weighted by atomic mass is 32.1. The van der Waals surface area contributed by atoms with Gasteiger partial charge in [0.05, 0.1) is 12.7 Å². The molecule has 0 aliphatic carbocycles. The van der Waals surface area contributed by atoms with E-state index in [0.29, 0.717) is 6.42 Å². The molecule has 1 atom stereocenters. The predicted octanol–water partition coefficient (Wildman–Crippen LogP) is 2.83. The monoisotopic (exact) mass is 359 g/mol. The Hall–Kier alpha value is -2.59. The smallest absolute Gasteiger partial charge is 0.407 e. The second kappa shape index (κ2) is 9.04. The summed E-state index contributed by atoms with van der Waals surface area (Å²) in [7, 11) is 0. The Labute approximate surface area is 150 Å². The van der Waals surface area contributed by atoms with Crippen molar-refractivity contribution in [3.05, 3.63) is 35.2 Å². The molecule has 1 heterocycles. The van der Waals surface area contributed by atoms with Crippen LogP contribution in [-0.2, 0) is 16.0 Å². The second-order valence-corrected chi connectivity index (χ2v) is 6.94. The van der Waals surface area contributed by atoms with Gasteiger partial charge in [0, 0.05) is 11.1 Å². The molecule has 2 rings (SSSR count). The molecule has 0 spiro atoms. The molecule has 0 aliphatic heterocycles. The second-order valence-electron chi connectivity index (χ2n) is 6.03. The molecule has 0 saturated heterocycles. The van der Waals surface area contributed by atoms with Gasteiger partial charge in [0.25, 0.3) is 0 Å². The standard InChI is InChI=1S/C18H21N3O3S/c1-12(2)10-24-18(23)21-15(17(22)20-8-7-19)9-13-11-25-16-6-4-3-5-14(13)16/h3-6,11-12,15H,8-10H2,1-2H3,(H,20,22)(H,21,23). The summed E-state index contributed by atoms with van der Waals surface area (Å²) in [6.45, 7) is 4.03. The highest BCUT2D eigenvalue weighted by molar-refractivity contribution is 7.17. The van der Waals surface area contributed by atoms with Crippen molar-refractivity contribution in [2.45, 2.75) is 26.3 Å². The quantitative estimate of drug-likeness (QED) is 0.744. The third-order valence-corrected chi connectivity index (χ3v) is 4.50. The number of carbonyl (C=O) groups excluding carboxylic acids is 2. The average molecular weight is 359 g/mol. The van der Waals surface area contributed by atoms with Crippen molar-refractivity contribution in [1.82, 2.24) is 10.6 Å². The number of nitrogens with zero attached hydrogens (tertiary/aromatic N) is 1. The number of hydrogen-bond donors (Lipinski definition) is 2. The normalized spacial score (nSPS) is 11.8. The molecule has 1 unspecified atom stereocenters.